The number of hydrogen-bond donors (Lipinski definition) is 1. The molecule has 2 aromatic rings. The van der Waals surface area contributed by atoms with Crippen LogP contribution < -0.4 is 5.32 Å². The standard InChI is InChI=1S/C12H11Br2N3/c1-7-3-10(4-8(2)11(7)14)17-12-15-5-9(13)6-16-12/h3-6H,1-2H3,(H,15,16,17). The number of hydrogen-bond acceptors (Lipinski definition) is 3. The highest BCUT2D eigenvalue weighted by molar-refractivity contribution is 9.10. The van der Waals surface area contributed by atoms with E-state index in [-0.39, 0.29) is 0 Å². The smallest absolute Gasteiger partial charge is 0.227 e. The predicted octanol–water partition coefficient (Wildman–Crippen LogP) is 4.36. The monoisotopic (exact) mass is 355 g/mol. The SMILES string of the molecule is Cc1cc(Nc2ncc(Br)cn2)cc(C)c1Br. The fraction of sp³-hybridized carbons (Fsp3) is 0.167. The van der Waals surface area contributed by atoms with Gasteiger partial charge in [0.05, 0.1) is 4.47 Å². The van der Waals surface area contributed by atoms with Crippen molar-refractivity contribution in [2.45, 2.75) is 13.8 Å². The van der Waals surface area contributed by atoms with Gasteiger partial charge in [-0.3, -0.25) is 0 Å². The van der Waals surface area contributed by atoms with E-state index in [2.05, 4.69) is 73.1 Å². The number of nitrogens with zero attached hydrogens (tertiary/aromatic N) is 2. The molecule has 1 aromatic carbocycles. The lowest BCUT2D eigenvalue weighted by Gasteiger charge is -2.09. The summed E-state index contributed by atoms with van der Waals surface area (Å²) in [6.07, 6.45) is 3.43. The molecule has 1 N–H and O–H groups in total. The number of halogens is 2. The molecule has 5 heteroatoms. The van der Waals surface area contributed by atoms with Crippen LogP contribution >= 0.6 is 31.9 Å². The predicted molar refractivity (Wildman–Crippen MR) is 76.6 cm³/mol. The first-order chi connectivity index (χ1) is 8.06. The molecule has 0 bridgehead atoms. The Hall–Kier alpha value is -0.940. The third-order valence-corrected chi connectivity index (χ3v) is 3.97. The first kappa shape index (κ1) is 12.5. The molecule has 1 heterocycles. The van der Waals surface area contributed by atoms with Gasteiger partial charge in [-0.1, -0.05) is 15.9 Å². The molecular formula is C12H11Br2N3. The number of anilines is 2. The van der Waals surface area contributed by atoms with Gasteiger partial charge in [-0.25, -0.2) is 9.97 Å². The Morgan fingerprint density at radius 2 is 1.53 bits per heavy atom. The Balaban J connectivity index is 2.27. The molecule has 0 aliphatic heterocycles. The van der Waals surface area contributed by atoms with Gasteiger partial charge in [0.1, 0.15) is 0 Å². The number of aryl methyl sites for hydroxylation is 2. The van der Waals surface area contributed by atoms with Gasteiger partial charge in [0.25, 0.3) is 0 Å². The molecular weight excluding hydrogens is 346 g/mol. The average Bonchev–Trinajstić information content (AvgIpc) is 2.29. The molecule has 0 atom stereocenters. The van der Waals surface area contributed by atoms with E-state index < -0.39 is 0 Å². The molecule has 0 fully saturated rings. The number of aromatic nitrogens is 2. The van der Waals surface area contributed by atoms with E-state index in [1.807, 2.05) is 0 Å². The van der Waals surface area contributed by atoms with Crippen molar-refractivity contribution >= 4 is 43.5 Å². The van der Waals surface area contributed by atoms with E-state index in [0.29, 0.717) is 5.95 Å². The van der Waals surface area contributed by atoms with Gasteiger partial charge >= 0.3 is 0 Å². The fourth-order valence-corrected chi connectivity index (χ4v) is 1.96. The summed E-state index contributed by atoms with van der Waals surface area (Å²) in [5, 5.41) is 3.18. The Bertz CT molecular complexity index is 515. The summed E-state index contributed by atoms with van der Waals surface area (Å²) in [7, 11) is 0. The summed E-state index contributed by atoms with van der Waals surface area (Å²) in [6, 6.07) is 4.12. The maximum Gasteiger partial charge on any atom is 0.227 e. The molecule has 0 unspecified atom stereocenters. The van der Waals surface area contributed by atoms with E-state index in [9.17, 15) is 0 Å². The lowest BCUT2D eigenvalue weighted by atomic mass is 10.1. The van der Waals surface area contributed by atoms with Crippen molar-refractivity contribution in [3.63, 3.8) is 0 Å². The second-order valence-corrected chi connectivity index (χ2v) is 5.48. The van der Waals surface area contributed by atoms with Crippen molar-refractivity contribution in [2.24, 2.45) is 0 Å². The van der Waals surface area contributed by atoms with E-state index in [1.165, 1.54) is 11.1 Å². The zero-order valence-corrected chi connectivity index (χ0v) is 12.6. The maximum atomic E-state index is 4.17. The van der Waals surface area contributed by atoms with E-state index in [0.717, 1.165) is 14.6 Å². The van der Waals surface area contributed by atoms with E-state index in [1.54, 1.807) is 12.4 Å². The second kappa shape index (κ2) is 5.14. The van der Waals surface area contributed by atoms with E-state index >= 15 is 0 Å². The van der Waals surface area contributed by atoms with Crippen LogP contribution in [0.1, 0.15) is 11.1 Å². The fourth-order valence-electron chi connectivity index (χ4n) is 1.52. The Kier molecular flexibility index (Phi) is 3.79. The number of nitrogens with one attached hydrogen (secondary N) is 1. The van der Waals surface area contributed by atoms with Gasteiger partial charge in [0, 0.05) is 22.6 Å². The molecule has 0 spiro atoms. The zero-order valence-electron chi connectivity index (χ0n) is 9.46. The minimum absolute atomic E-state index is 0.592. The quantitative estimate of drug-likeness (QED) is 0.868. The van der Waals surface area contributed by atoms with Gasteiger partial charge in [0.2, 0.25) is 5.95 Å². The van der Waals surface area contributed by atoms with Crippen molar-refractivity contribution in [1.29, 1.82) is 0 Å². The summed E-state index contributed by atoms with van der Waals surface area (Å²) in [5.41, 5.74) is 3.36. The summed E-state index contributed by atoms with van der Waals surface area (Å²) in [4.78, 5) is 8.35. The van der Waals surface area contributed by atoms with Crippen LogP contribution in [0, 0.1) is 13.8 Å². The van der Waals surface area contributed by atoms with Crippen LogP contribution in [0.5, 0.6) is 0 Å². The van der Waals surface area contributed by atoms with Gasteiger partial charge in [-0.15, -0.1) is 0 Å². The maximum absolute atomic E-state index is 4.17. The molecule has 0 amide bonds. The second-order valence-electron chi connectivity index (χ2n) is 3.77. The molecule has 1 aromatic heterocycles. The van der Waals surface area contributed by atoms with Crippen LogP contribution in [0.3, 0.4) is 0 Å². The van der Waals surface area contributed by atoms with Crippen LogP contribution in [0.2, 0.25) is 0 Å². The van der Waals surface area contributed by atoms with Crippen LogP contribution in [-0.4, -0.2) is 9.97 Å². The van der Waals surface area contributed by atoms with Crippen molar-refractivity contribution in [3.8, 4) is 0 Å². The Labute approximate surface area is 117 Å². The van der Waals surface area contributed by atoms with Crippen molar-refractivity contribution in [3.05, 3.63) is 44.6 Å². The zero-order chi connectivity index (χ0) is 12.4. The summed E-state index contributed by atoms with van der Waals surface area (Å²) in [5.74, 6) is 0.592. The molecule has 0 saturated carbocycles. The lowest BCUT2D eigenvalue weighted by molar-refractivity contribution is 1.15. The first-order valence-electron chi connectivity index (χ1n) is 5.07. The molecule has 0 aliphatic carbocycles. The first-order valence-corrected chi connectivity index (χ1v) is 6.66. The Morgan fingerprint density at radius 1 is 1.00 bits per heavy atom. The van der Waals surface area contributed by atoms with E-state index in [4.69, 9.17) is 0 Å². The third-order valence-electron chi connectivity index (χ3n) is 2.31. The summed E-state index contributed by atoms with van der Waals surface area (Å²) >= 11 is 6.85. The van der Waals surface area contributed by atoms with Crippen LogP contribution in [0.25, 0.3) is 0 Å². The highest BCUT2D eigenvalue weighted by atomic mass is 79.9. The number of benzene rings is 1. The van der Waals surface area contributed by atoms with Crippen molar-refractivity contribution < 1.29 is 0 Å². The third kappa shape index (κ3) is 3.04. The molecule has 88 valence electrons. The molecule has 0 radical (unpaired) electrons. The number of rotatable bonds is 2. The van der Waals surface area contributed by atoms with Gasteiger partial charge in [0.15, 0.2) is 0 Å². The molecule has 2 rings (SSSR count). The van der Waals surface area contributed by atoms with Gasteiger partial charge < -0.3 is 5.32 Å². The van der Waals surface area contributed by atoms with Crippen LogP contribution in [0.4, 0.5) is 11.6 Å². The Morgan fingerprint density at radius 3 is 2.06 bits per heavy atom. The van der Waals surface area contributed by atoms with Crippen molar-refractivity contribution in [2.75, 3.05) is 5.32 Å². The minimum atomic E-state index is 0.592. The largest absolute Gasteiger partial charge is 0.324 e. The normalized spacial score (nSPS) is 10.4. The van der Waals surface area contributed by atoms with Gasteiger partial charge in [-0.05, 0) is 53.0 Å². The van der Waals surface area contributed by atoms with Gasteiger partial charge in [-0.2, -0.15) is 0 Å². The molecule has 17 heavy (non-hydrogen) atoms. The summed E-state index contributed by atoms with van der Waals surface area (Å²) in [6.45, 7) is 4.12. The highest BCUT2D eigenvalue weighted by Crippen LogP contribution is 2.26. The molecule has 0 saturated heterocycles. The molecule has 3 nitrogen and oxygen atoms in total. The average molecular weight is 357 g/mol. The lowest BCUT2D eigenvalue weighted by Crippen LogP contribution is -1.97. The van der Waals surface area contributed by atoms with Crippen LogP contribution in [0.15, 0.2) is 33.5 Å². The van der Waals surface area contributed by atoms with Crippen molar-refractivity contribution in [1.82, 2.24) is 9.97 Å². The molecule has 0 aliphatic rings. The summed E-state index contributed by atoms with van der Waals surface area (Å²) < 4.78 is 2.01. The highest BCUT2D eigenvalue weighted by Gasteiger charge is 2.03. The topological polar surface area (TPSA) is 37.8 Å². The van der Waals surface area contributed by atoms with Crippen LogP contribution in [-0.2, 0) is 0 Å². The minimum Gasteiger partial charge on any atom is -0.324 e.